The minimum Gasteiger partial charge on any atom is -0.466 e. The number of guanidine groups is 1. The third-order valence-electron chi connectivity index (χ3n) is 5.08. The zero-order chi connectivity index (χ0) is 18.9. The molecule has 0 aromatic carbocycles. The number of nitrogens with one attached hydrogen (secondary N) is 1. The van der Waals surface area contributed by atoms with Crippen molar-refractivity contribution in [1.29, 1.82) is 0 Å². The molecule has 0 bridgehead atoms. The molecule has 27 heavy (non-hydrogen) atoms. The van der Waals surface area contributed by atoms with E-state index in [1.807, 2.05) is 11.8 Å². The van der Waals surface area contributed by atoms with E-state index in [1.165, 1.54) is 0 Å². The second kappa shape index (κ2) is 12.4. The molecule has 156 valence electrons. The summed E-state index contributed by atoms with van der Waals surface area (Å²) >= 11 is 0. The van der Waals surface area contributed by atoms with E-state index in [1.54, 1.807) is 14.0 Å². The van der Waals surface area contributed by atoms with Gasteiger partial charge in [0, 0.05) is 66.3 Å². The van der Waals surface area contributed by atoms with E-state index in [2.05, 4.69) is 20.1 Å². The fourth-order valence-electron chi connectivity index (χ4n) is 3.57. The average molecular weight is 495 g/mol. The Kier molecular flexibility index (Phi) is 11.0. The number of hydrogen-bond donors (Lipinski definition) is 1. The van der Waals surface area contributed by atoms with Crippen LogP contribution in [-0.2, 0) is 14.3 Å². The first-order chi connectivity index (χ1) is 12.5. The predicted octanol–water partition coefficient (Wildman–Crippen LogP) is 0.619. The van der Waals surface area contributed by atoms with Crippen LogP contribution in [0.1, 0.15) is 26.7 Å². The Morgan fingerprint density at radius 2 is 1.85 bits per heavy atom. The second-order valence-corrected chi connectivity index (χ2v) is 6.86. The van der Waals surface area contributed by atoms with E-state index in [0.717, 1.165) is 64.6 Å². The highest BCUT2D eigenvalue weighted by molar-refractivity contribution is 14.0. The number of carbonyl (C=O) groups is 2. The summed E-state index contributed by atoms with van der Waals surface area (Å²) in [5, 5.41) is 3.41. The van der Waals surface area contributed by atoms with Gasteiger partial charge < -0.3 is 19.9 Å². The molecular weight excluding hydrogens is 461 g/mol. The van der Waals surface area contributed by atoms with Crippen molar-refractivity contribution >= 4 is 41.8 Å². The van der Waals surface area contributed by atoms with Crippen LogP contribution in [0.5, 0.6) is 0 Å². The third-order valence-corrected chi connectivity index (χ3v) is 5.08. The van der Waals surface area contributed by atoms with Crippen molar-refractivity contribution in [2.75, 3.05) is 66.0 Å². The number of amides is 1. The number of piperazine rings is 1. The number of ether oxygens (including phenoxy) is 1. The third kappa shape index (κ3) is 7.44. The van der Waals surface area contributed by atoms with Crippen molar-refractivity contribution in [3.63, 3.8) is 0 Å². The maximum absolute atomic E-state index is 12.0. The summed E-state index contributed by atoms with van der Waals surface area (Å²) in [7, 11) is 1.78. The van der Waals surface area contributed by atoms with Crippen molar-refractivity contribution in [3.8, 4) is 0 Å². The normalized spacial score (nSPS) is 21.4. The Labute approximate surface area is 179 Å². The maximum atomic E-state index is 12.0. The van der Waals surface area contributed by atoms with Crippen molar-refractivity contribution in [2.24, 2.45) is 10.9 Å². The summed E-state index contributed by atoms with van der Waals surface area (Å²) in [5.41, 5.74) is 0. The lowest BCUT2D eigenvalue weighted by atomic mass is 9.98. The molecule has 2 aliphatic rings. The van der Waals surface area contributed by atoms with Crippen LogP contribution >= 0.6 is 24.0 Å². The van der Waals surface area contributed by atoms with Gasteiger partial charge in [-0.15, -0.1) is 24.0 Å². The average Bonchev–Trinajstić information content (AvgIpc) is 2.66. The molecule has 1 unspecified atom stereocenters. The fourth-order valence-corrected chi connectivity index (χ4v) is 3.57. The molecule has 2 saturated heterocycles. The Hall–Kier alpha value is -1.10. The lowest BCUT2D eigenvalue weighted by Gasteiger charge is -2.36. The van der Waals surface area contributed by atoms with Gasteiger partial charge in [0.25, 0.3) is 0 Å². The van der Waals surface area contributed by atoms with Gasteiger partial charge in [-0.05, 0) is 19.8 Å². The molecule has 1 amide bonds. The Balaban J connectivity index is 0.00000364. The standard InChI is InChI=1S/C18H33N5O3.HI/c1-4-26-17(25)16-6-5-8-23(14-16)18(19-3)20-7-9-21-10-12-22(13-11-21)15(2)24;/h16H,4-14H2,1-3H3,(H,19,20);1H. The highest BCUT2D eigenvalue weighted by Crippen LogP contribution is 2.18. The number of rotatable bonds is 5. The fraction of sp³-hybridized carbons (Fsp3) is 0.833. The van der Waals surface area contributed by atoms with Gasteiger partial charge in [-0.3, -0.25) is 19.5 Å². The first-order valence-corrected chi connectivity index (χ1v) is 9.65. The van der Waals surface area contributed by atoms with Crippen LogP contribution in [0.15, 0.2) is 4.99 Å². The molecule has 9 heteroatoms. The number of piperidine rings is 1. The first kappa shape index (κ1) is 23.9. The number of aliphatic imine (C=N–C) groups is 1. The van der Waals surface area contributed by atoms with E-state index in [-0.39, 0.29) is 41.8 Å². The van der Waals surface area contributed by atoms with Crippen molar-refractivity contribution < 1.29 is 14.3 Å². The zero-order valence-corrected chi connectivity index (χ0v) is 19.1. The molecule has 2 fully saturated rings. The Morgan fingerprint density at radius 3 is 2.44 bits per heavy atom. The highest BCUT2D eigenvalue weighted by Gasteiger charge is 2.28. The Bertz CT molecular complexity index is 509. The quantitative estimate of drug-likeness (QED) is 0.261. The van der Waals surface area contributed by atoms with E-state index in [4.69, 9.17) is 4.74 Å². The molecule has 1 atom stereocenters. The van der Waals surface area contributed by atoms with Gasteiger partial charge >= 0.3 is 5.97 Å². The summed E-state index contributed by atoms with van der Waals surface area (Å²) in [6.45, 7) is 10.6. The molecule has 2 rings (SSSR count). The molecule has 0 aromatic rings. The van der Waals surface area contributed by atoms with Gasteiger partial charge in [0.2, 0.25) is 5.91 Å². The van der Waals surface area contributed by atoms with Gasteiger partial charge in [-0.1, -0.05) is 0 Å². The molecule has 0 aliphatic carbocycles. The SMILES string of the molecule is CCOC(=O)C1CCCN(C(=NC)NCCN2CCN(C(C)=O)CC2)C1.I. The molecule has 1 N–H and O–H groups in total. The van der Waals surface area contributed by atoms with Gasteiger partial charge in [-0.25, -0.2) is 0 Å². The largest absolute Gasteiger partial charge is 0.466 e. The zero-order valence-electron chi connectivity index (χ0n) is 16.8. The van der Waals surface area contributed by atoms with Gasteiger partial charge in [0.15, 0.2) is 5.96 Å². The van der Waals surface area contributed by atoms with Crippen molar-refractivity contribution in [2.45, 2.75) is 26.7 Å². The lowest BCUT2D eigenvalue weighted by molar-refractivity contribution is -0.149. The highest BCUT2D eigenvalue weighted by atomic mass is 127. The van der Waals surface area contributed by atoms with Crippen LogP contribution in [0, 0.1) is 5.92 Å². The summed E-state index contributed by atoms with van der Waals surface area (Å²) in [6.07, 6.45) is 1.85. The molecule has 0 saturated carbocycles. The molecule has 2 aliphatic heterocycles. The summed E-state index contributed by atoms with van der Waals surface area (Å²) < 4.78 is 5.17. The number of likely N-dealkylation sites (tertiary alicyclic amines) is 1. The number of nitrogens with zero attached hydrogens (tertiary/aromatic N) is 4. The molecule has 2 heterocycles. The number of hydrogen-bond acceptors (Lipinski definition) is 5. The summed E-state index contributed by atoms with van der Waals surface area (Å²) in [6, 6.07) is 0. The Morgan fingerprint density at radius 1 is 1.15 bits per heavy atom. The minimum atomic E-state index is -0.101. The van der Waals surface area contributed by atoms with Crippen molar-refractivity contribution in [1.82, 2.24) is 20.0 Å². The van der Waals surface area contributed by atoms with Crippen LogP contribution in [0.3, 0.4) is 0 Å². The second-order valence-electron chi connectivity index (χ2n) is 6.86. The lowest BCUT2D eigenvalue weighted by Crippen LogP contribution is -2.52. The summed E-state index contributed by atoms with van der Waals surface area (Å²) in [4.78, 5) is 34.2. The minimum absolute atomic E-state index is 0. The smallest absolute Gasteiger partial charge is 0.310 e. The van der Waals surface area contributed by atoms with E-state index >= 15 is 0 Å². The van der Waals surface area contributed by atoms with E-state index < -0.39 is 0 Å². The molecular formula is C18H34IN5O3. The number of carbonyl (C=O) groups excluding carboxylic acids is 2. The van der Waals surface area contributed by atoms with Gasteiger partial charge in [0.05, 0.1) is 12.5 Å². The topological polar surface area (TPSA) is 77.5 Å². The van der Waals surface area contributed by atoms with Crippen LogP contribution in [0.4, 0.5) is 0 Å². The van der Waals surface area contributed by atoms with Gasteiger partial charge in [-0.2, -0.15) is 0 Å². The molecule has 0 aromatic heterocycles. The molecule has 0 spiro atoms. The first-order valence-electron chi connectivity index (χ1n) is 9.65. The predicted molar refractivity (Wildman–Crippen MR) is 116 cm³/mol. The van der Waals surface area contributed by atoms with E-state index in [0.29, 0.717) is 13.2 Å². The summed E-state index contributed by atoms with van der Waals surface area (Å²) in [5.74, 6) is 0.837. The van der Waals surface area contributed by atoms with E-state index in [9.17, 15) is 9.59 Å². The molecule has 0 radical (unpaired) electrons. The van der Waals surface area contributed by atoms with Crippen LogP contribution in [-0.4, -0.2) is 98.5 Å². The number of halogens is 1. The van der Waals surface area contributed by atoms with Gasteiger partial charge in [0.1, 0.15) is 0 Å². The van der Waals surface area contributed by atoms with Crippen molar-refractivity contribution in [3.05, 3.63) is 0 Å². The monoisotopic (exact) mass is 495 g/mol. The van der Waals surface area contributed by atoms with Crippen LogP contribution in [0.2, 0.25) is 0 Å². The molecule has 8 nitrogen and oxygen atoms in total. The maximum Gasteiger partial charge on any atom is 0.310 e. The van der Waals surface area contributed by atoms with Crippen LogP contribution in [0.25, 0.3) is 0 Å². The van der Waals surface area contributed by atoms with Crippen LogP contribution < -0.4 is 5.32 Å². The number of esters is 1.